The standard InChI is InChI=1S/C18H22FN3O4/c1-12(21-16(24)13-6-3-2-4-7-13)18(26)22-9-5-8-15(22)17(25)20-11-14(23)10-19/h2-4,6-7,12,15H,5,8-11H2,1H3,(H,20,25)(H,21,24). The summed E-state index contributed by atoms with van der Waals surface area (Å²) in [5.41, 5.74) is 0.438. The Morgan fingerprint density at radius 2 is 1.92 bits per heavy atom. The normalized spacial score (nSPS) is 17.5. The molecule has 0 bridgehead atoms. The van der Waals surface area contributed by atoms with E-state index in [1.165, 1.54) is 4.90 Å². The number of carbonyl (C=O) groups is 4. The van der Waals surface area contributed by atoms with Crippen LogP contribution >= 0.6 is 0 Å². The van der Waals surface area contributed by atoms with Gasteiger partial charge in [0.25, 0.3) is 5.91 Å². The summed E-state index contributed by atoms with van der Waals surface area (Å²) in [4.78, 5) is 49.4. The second-order valence-electron chi connectivity index (χ2n) is 6.14. The van der Waals surface area contributed by atoms with E-state index in [0.717, 1.165) is 0 Å². The molecule has 1 saturated heterocycles. The number of ketones is 1. The summed E-state index contributed by atoms with van der Waals surface area (Å²) in [5.74, 6) is -1.96. The molecule has 26 heavy (non-hydrogen) atoms. The molecule has 0 spiro atoms. The first-order valence-corrected chi connectivity index (χ1v) is 8.45. The molecule has 2 atom stereocenters. The summed E-state index contributed by atoms with van der Waals surface area (Å²) >= 11 is 0. The summed E-state index contributed by atoms with van der Waals surface area (Å²) < 4.78 is 12.2. The Morgan fingerprint density at radius 1 is 1.23 bits per heavy atom. The van der Waals surface area contributed by atoms with E-state index in [2.05, 4.69) is 10.6 Å². The second kappa shape index (κ2) is 9.07. The maximum absolute atomic E-state index is 12.6. The largest absolute Gasteiger partial charge is 0.347 e. The predicted octanol–water partition coefficient (Wildman–Crippen LogP) is 0.451. The molecule has 7 nitrogen and oxygen atoms in total. The van der Waals surface area contributed by atoms with Crippen LogP contribution in [0.25, 0.3) is 0 Å². The minimum atomic E-state index is -1.14. The first kappa shape index (κ1) is 19.6. The number of halogens is 1. The molecule has 0 aromatic heterocycles. The fourth-order valence-electron chi connectivity index (χ4n) is 2.83. The van der Waals surface area contributed by atoms with Crippen molar-refractivity contribution in [1.29, 1.82) is 0 Å². The smallest absolute Gasteiger partial charge is 0.251 e. The van der Waals surface area contributed by atoms with Gasteiger partial charge in [-0.25, -0.2) is 4.39 Å². The average molecular weight is 363 g/mol. The minimum Gasteiger partial charge on any atom is -0.347 e. The van der Waals surface area contributed by atoms with Gasteiger partial charge in [0.15, 0.2) is 5.78 Å². The van der Waals surface area contributed by atoms with Gasteiger partial charge in [0, 0.05) is 12.1 Å². The summed E-state index contributed by atoms with van der Waals surface area (Å²) in [6.07, 6.45) is 1.10. The van der Waals surface area contributed by atoms with Crippen LogP contribution in [0, 0.1) is 0 Å². The number of amides is 3. The number of nitrogens with zero attached hydrogens (tertiary/aromatic N) is 1. The second-order valence-corrected chi connectivity index (χ2v) is 6.14. The van der Waals surface area contributed by atoms with E-state index < -0.39 is 37.0 Å². The highest BCUT2D eigenvalue weighted by molar-refractivity contribution is 5.98. The molecule has 1 fully saturated rings. The summed E-state index contributed by atoms with van der Waals surface area (Å²) in [5, 5.41) is 4.98. The molecule has 1 aromatic rings. The molecule has 1 aliphatic rings. The molecule has 8 heteroatoms. The third-order valence-electron chi connectivity index (χ3n) is 4.20. The molecule has 1 aromatic carbocycles. The van der Waals surface area contributed by atoms with Crippen LogP contribution in [0.4, 0.5) is 4.39 Å². The van der Waals surface area contributed by atoms with E-state index in [1.807, 2.05) is 0 Å². The Balaban J connectivity index is 1.95. The Labute approximate surface area is 150 Å². The lowest BCUT2D eigenvalue weighted by atomic mass is 10.1. The third kappa shape index (κ3) is 4.87. The van der Waals surface area contributed by atoms with Crippen LogP contribution in [-0.4, -0.2) is 60.3 Å². The van der Waals surface area contributed by atoms with Gasteiger partial charge in [-0.1, -0.05) is 18.2 Å². The van der Waals surface area contributed by atoms with Crippen LogP contribution in [0.15, 0.2) is 30.3 Å². The van der Waals surface area contributed by atoms with Crippen molar-refractivity contribution in [3.63, 3.8) is 0 Å². The van der Waals surface area contributed by atoms with Crippen molar-refractivity contribution in [3.8, 4) is 0 Å². The molecule has 140 valence electrons. The molecule has 0 aliphatic carbocycles. The number of Topliss-reactive ketones (excluding diaryl/α,β-unsaturated/α-hetero) is 1. The molecule has 0 radical (unpaired) electrons. The monoisotopic (exact) mass is 363 g/mol. The van der Waals surface area contributed by atoms with E-state index in [-0.39, 0.29) is 11.8 Å². The first-order valence-electron chi connectivity index (χ1n) is 8.45. The van der Waals surface area contributed by atoms with Gasteiger partial charge in [-0.15, -0.1) is 0 Å². The SMILES string of the molecule is CC(NC(=O)c1ccccc1)C(=O)N1CCCC1C(=O)NCC(=O)CF. The quantitative estimate of drug-likeness (QED) is 0.735. The van der Waals surface area contributed by atoms with Crippen LogP contribution in [0.3, 0.4) is 0 Å². The zero-order chi connectivity index (χ0) is 19.1. The molecule has 2 unspecified atom stereocenters. The summed E-state index contributed by atoms with van der Waals surface area (Å²) in [6, 6.07) is 6.99. The number of benzene rings is 1. The fourth-order valence-corrected chi connectivity index (χ4v) is 2.83. The summed E-state index contributed by atoms with van der Waals surface area (Å²) in [7, 11) is 0. The molecule has 3 amide bonds. The van der Waals surface area contributed by atoms with Gasteiger partial charge in [0.2, 0.25) is 11.8 Å². The topological polar surface area (TPSA) is 95.6 Å². The van der Waals surface area contributed by atoms with Crippen molar-refractivity contribution in [3.05, 3.63) is 35.9 Å². The zero-order valence-electron chi connectivity index (χ0n) is 14.5. The van der Waals surface area contributed by atoms with Crippen LogP contribution in [0.1, 0.15) is 30.1 Å². The molecule has 1 aliphatic heterocycles. The van der Waals surface area contributed by atoms with Crippen LogP contribution in [0.5, 0.6) is 0 Å². The van der Waals surface area contributed by atoms with Crippen molar-refractivity contribution in [2.24, 2.45) is 0 Å². The average Bonchev–Trinajstić information content (AvgIpc) is 3.15. The lowest BCUT2D eigenvalue weighted by molar-refractivity contribution is -0.139. The van der Waals surface area contributed by atoms with E-state index in [0.29, 0.717) is 24.9 Å². The van der Waals surface area contributed by atoms with E-state index in [4.69, 9.17) is 0 Å². The van der Waals surface area contributed by atoms with E-state index in [1.54, 1.807) is 37.3 Å². The number of hydrogen-bond donors (Lipinski definition) is 2. The molecular weight excluding hydrogens is 341 g/mol. The van der Waals surface area contributed by atoms with Gasteiger partial charge < -0.3 is 15.5 Å². The van der Waals surface area contributed by atoms with E-state index >= 15 is 0 Å². The number of rotatable bonds is 7. The van der Waals surface area contributed by atoms with Gasteiger partial charge >= 0.3 is 0 Å². The molecule has 2 rings (SSSR count). The zero-order valence-corrected chi connectivity index (χ0v) is 14.5. The van der Waals surface area contributed by atoms with Gasteiger partial charge in [-0.3, -0.25) is 19.2 Å². The number of carbonyl (C=O) groups excluding carboxylic acids is 4. The predicted molar refractivity (Wildman–Crippen MR) is 92.1 cm³/mol. The van der Waals surface area contributed by atoms with E-state index in [9.17, 15) is 23.6 Å². The Hall–Kier alpha value is -2.77. The maximum Gasteiger partial charge on any atom is 0.251 e. The maximum atomic E-state index is 12.6. The first-order chi connectivity index (χ1) is 12.4. The molecule has 2 N–H and O–H groups in total. The minimum absolute atomic E-state index is 0.372. The van der Waals surface area contributed by atoms with Crippen LogP contribution in [-0.2, 0) is 14.4 Å². The Bertz CT molecular complexity index is 680. The highest BCUT2D eigenvalue weighted by Crippen LogP contribution is 2.18. The van der Waals surface area contributed by atoms with Crippen LogP contribution < -0.4 is 10.6 Å². The molecule has 0 saturated carbocycles. The van der Waals surface area contributed by atoms with Crippen molar-refractivity contribution in [2.45, 2.75) is 31.8 Å². The number of hydrogen-bond acceptors (Lipinski definition) is 4. The molecular formula is C18H22FN3O4. The Kier molecular flexibility index (Phi) is 6.82. The van der Waals surface area contributed by atoms with Crippen molar-refractivity contribution in [2.75, 3.05) is 19.8 Å². The van der Waals surface area contributed by atoms with Gasteiger partial charge in [0.05, 0.1) is 6.54 Å². The third-order valence-corrected chi connectivity index (χ3v) is 4.20. The lowest BCUT2D eigenvalue weighted by Gasteiger charge is -2.27. The van der Waals surface area contributed by atoms with Crippen molar-refractivity contribution < 1.29 is 23.6 Å². The fraction of sp³-hybridized carbons (Fsp3) is 0.444. The number of nitrogens with one attached hydrogen (secondary N) is 2. The van der Waals surface area contributed by atoms with Gasteiger partial charge in [0.1, 0.15) is 18.8 Å². The van der Waals surface area contributed by atoms with Crippen LogP contribution in [0.2, 0.25) is 0 Å². The van der Waals surface area contributed by atoms with Crippen molar-refractivity contribution in [1.82, 2.24) is 15.5 Å². The highest BCUT2D eigenvalue weighted by atomic mass is 19.1. The summed E-state index contributed by atoms with van der Waals surface area (Å²) in [6.45, 7) is 0.410. The Morgan fingerprint density at radius 3 is 2.58 bits per heavy atom. The van der Waals surface area contributed by atoms with Crippen molar-refractivity contribution >= 4 is 23.5 Å². The lowest BCUT2D eigenvalue weighted by Crippen LogP contribution is -2.53. The van der Waals surface area contributed by atoms with Gasteiger partial charge in [-0.05, 0) is 31.9 Å². The highest BCUT2D eigenvalue weighted by Gasteiger charge is 2.36. The molecule has 1 heterocycles. The number of likely N-dealkylation sites (tertiary alicyclic amines) is 1. The number of alkyl halides is 1. The van der Waals surface area contributed by atoms with Gasteiger partial charge in [-0.2, -0.15) is 0 Å².